The van der Waals surface area contributed by atoms with Gasteiger partial charge in [0, 0.05) is 11.6 Å². The van der Waals surface area contributed by atoms with Crippen molar-refractivity contribution in [2.24, 2.45) is 0 Å². The van der Waals surface area contributed by atoms with Crippen molar-refractivity contribution in [3.63, 3.8) is 0 Å². The average Bonchev–Trinajstić information content (AvgIpc) is 3.39. The van der Waals surface area contributed by atoms with Crippen LogP contribution in [0.25, 0.3) is 0 Å². The number of amides is 2. The van der Waals surface area contributed by atoms with Crippen LogP contribution >= 0.6 is 0 Å². The summed E-state index contributed by atoms with van der Waals surface area (Å²) in [6, 6.07) is 12.5. The molecule has 0 aliphatic heterocycles. The lowest BCUT2D eigenvalue weighted by Crippen LogP contribution is -2.27. The van der Waals surface area contributed by atoms with Crippen molar-refractivity contribution in [3.8, 4) is 5.75 Å². The smallest absolute Gasteiger partial charge is 0.255 e. The van der Waals surface area contributed by atoms with Crippen LogP contribution in [0.15, 0.2) is 42.5 Å². The number of carbonyl (C=O) groups is 2. The minimum Gasteiger partial charge on any atom is -0.496 e. The predicted octanol–water partition coefficient (Wildman–Crippen LogP) is 3.15. The molecule has 24 heavy (non-hydrogen) atoms. The molecule has 1 fully saturated rings. The van der Waals surface area contributed by atoms with Crippen LogP contribution in [0, 0.1) is 6.92 Å². The summed E-state index contributed by atoms with van der Waals surface area (Å²) in [4.78, 5) is 24.8. The van der Waals surface area contributed by atoms with E-state index in [0.29, 0.717) is 22.6 Å². The Kier molecular flexibility index (Phi) is 4.51. The van der Waals surface area contributed by atoms with E-state index < -0.39 is 0 Å². The molecule has 5 nitrogen and oxygen atoms in total. The monoisotopic (exact) mass is 324 g/mol. The number of methoxy groups -OCH3 is 1. The molecule has 0 saturated heterocycles. The molecular formula is C19H20N2O3. The van der Waals surface area contributed by atoms with Crippen LogP contribution in [0.4, 0.5) is 5.69 Å². The number of carbonyl (C=O) groups excluding carboxylic acids is 2. The first kappa shape index (κ1) is 16.1. The SMILES string of the molecule is COc1cc(C(=O)Nc2ccccc2C(=O)NC2CC2)ccc1C. The number of hydrogen-bond acceptors (Lipinski definition) is 3. The lowest BCUT2D eigenvalue weighted by Gasteiger charge is -2.12. The minimum atomic E-state index is -0.278. The fourth-order valence-corrected chi connectivity index (χ4v) is 2.44. The molecule has 1 aliphatic carbocycles. The number of hydrogen-bond donors (Lipinski definition) is 2. The average molecular weight is 324 g/mol. The summed E-state index contributed by atoms with van der Waals surface area (Å²) in [6.07, 6.45) is 2.03. The number of nitrogens with one attached hydrogen (secondary N) is 2. The standard InChI is InChI=1S/C19H20N2O3/c1-12-7-8-13(11-17(12)24-2)18(22)21-16-6-4-3-5-15(16)19(23)20-14-9-10-14/h3-8,11,14H,9-10H2,1-2H3,(H,20,23)(H,21,22). The van der Waals surface area contributed by atoms with Gasteiger partial charge in [0.2, 0.25) is 0 Å². The fourth-order valence-electron chi connectivity index (χ4n) is 2.44. The summed E-state index contributed by atoms with van der Waals surface area (Å²) in [5, 5.41) is 5.76. The van der Waals surface area contributed by atoms with Gasteiger partial charge in [-0.2, -0.15) is 0 Å². The number of anilines is 1. The molecule has 2 amide bonds. The molecule has 0 aromatic heterocycles. The van der Waals surface area contributed by atoms with E-state index in [0.717, 1.165) is 18.4 Å². The Morgan fingerprint density at radius 1 is 1.08 bits per heavy atom. The molecule has 0 spiro atoms. The minimum absolute atomic E-state index is 0.158. The molecule has 0 bridgehead atoms. The Morgan fingerprint density at radius 2 is 1.83 bits per heavy atom. The summed E-state index contributed by atoms with van der Waals surface area (Å²) >= 11 is 0. The second kappa shape index (κ2) is 6.74. The molecule has 124 valence electrons. The number of aryl methyl sites for hydroxylation is 1. The Morgan fingerprint density at radius 3 is 2.54 bits per heavy atom. The largest absolute Gasteiger partial charge is 0.496 e. The van der Waals surface area contributed by atoms with Crippen molar-refractivity contribution >= 4 is 17.5 Å². The van der Waals surface area contributed by atoms with Crippen LogP contribution in [0.3, 0.4) is 0 Å². The van der Waals surface area contributed by atoms with E-state index in [1.54, 1.807) is 43.5 Å². The third-order valence-corrected chi connectivity index (χ3v) is 4.00. The zero-order chi connectivity index (χ0) is 17.1. The summed E-state index contributed by atoms with van der Waals surface area (Å²) in [5.74, 6) is 0.220. The van der Waals surface area contributed by atoms with Crippen LogP contribution in [0.2, 0.25) is 0 Å². The summed E-state index contributed by atoms with van der Waals surface area (Å²) in [5.41, 5.74) is 2.41. The maximum Gasteiger partial charge on any atom is 0.255 e. The molecular weight excluding hydrogens is 304 g/mol. The van der Waals surface area contributed by atoms with E-state index in [1.807, 2.05) is 13.0 Å². The zero-order valence-corrected chi connectivity index (χ0v) is 13.8. The van der Waals surface area contributed by atoms with Gasteiger partial charge in [-0.15, -0.1) is 0 Å². The van der Waals surface area contributed by atoms with Crippen LogP contribution in [-0.4, -0.2) is 25.0 Å². The second-order valence-electron chi connectivity index (χ2n) is 5.93. The Bertz CT molecular complexity index is 782. The molecule has 0 heterocycles. The molecule has 0 radical (unpaired) electrons. The lowest BCUT2D eigenvalue weighted by atomic mass is 10.1. The molecule has 0 unspecified atom stereocenters. The van der Waals surface area contributed by atoms with Gasteiger partial charge in [-0.1, -0.05) is 18.2 Å². The Labute approximate surface area is 141 Å². The van der Waals surface area contributed by atoms with Crippen LogP contribution in [-0.2, 0) is 0 Å². The third-order valence-electron chi connectivity index (χ3n) is 4.00. The molecule has 0 atom stereocenters. The van der Waals surface area contributed by atoms with Gasteiger partial charge < -0.3 is 15.4 Å². The first-order valence-corrected chi connectivity index (χ1v) is 7.94. The normalized spacial score (nSPS) is 13.2. The highest BCUT2D eigenvalue weighted by atomic mass is 16.5. The number of ether oxygens (including phenoxy) is 1. The predicted molar refractivity (Wildman–Crippen MR) is 92.6 cm³/mol. The molecule has 1 aliphatic rings. The third kappa shape index (κ3) is 3.56. The van der Waals surface area contributed by atoms with Crippen LogP contribution in [0.5, 0.6) is 5.75 Å². The molecule has 2 aromatic rings. The van der Waals surface area contributed by atoms with Gasteiger partial charge in [0.25, 0.3) is 11.8 Å². The maximum atomic E-state index is 12.5. The molecule has 2 aromatic carbocycles. The van der Waals surface area contributed by atoms with Crippen LogP contribution < -0.4 is 15.4 Å². The van der Waals surface area contributed by atoms with E-state index in [2.05, 4.69) is 10.6 Å². The van der Waals surface area contributed by atoms with Crippen molar-refractivity contribution in [1.82, 2.24) is 5.32 Å². The van der Waals surface area contributed by atoms with E-state index in [-0.39, 0.29) is 17.9 Å². The van der Waals surface area contributed by atoms with Gasteiger partial charge in [-0.25, -0.2) is 0 Å². The first-order valence-electron chi connectivity index (χ1n) is 7.94. The van der Waals surface area contributed by atoms with Crippen LogP contribution in [0.1, 0.15) is 39.1 Å². The molecule has 5 heteroatoms. The van der Waals surface area contributed by atoms with E-state index in [1.165, 1.54) is 0 Å². The van der Waals surface area contributed by atoms with E-state index in [4.69, 9.17) is 4.74 Å². The van der Waals surface area contributed by atoms with Crippen molar-refractivity contribution in [2.45, 2.75) is 25.8 Å². The quantitative estimate of drug-likeness (QED) is 0.888. The summed E-state index contributed by atoms with van der Waals surface area (Å²) in [6.45, 7) is 1.91. The highest BCUT2D eigenvalue weighted by molar-refractivity contribution is 6.09. The van der Waals surface area contributed by atoms with Gasteiger partial charge >= 0.3 is 0 Å². The molecule has 2 N–H and O–H groups in total. The van der Waals surface area contributed by atoms with Crippen molar-refractivity contribution in [2.75, 3.05) is 12.4 Å². The Hall–Kier alpha value is -2.82. The maximum absolute atomic E-state index is 12.5. The van der Waals surface area contributed by atoms with Gasteiger partial charge in [0.1, 0.15) is 5.75 Å². The van der Waals surface area contributed by atoms with Crippen molar-refractivity contribution in [3.05, 3.63) is 59.2 Å². The number of rotatable bonds is 5. The highest BCUT2D eigenvalue weighted by Crippen LogP contribution is 2.23. The number of para-hydroxylation sites is 1. The molecule has 3 rings (SSSR count). The fraction of sp³-hybridized carbons (Fsp3) is 0.263. The van der Waals surface area contributed by atoms with Gasteiger partial charge in [-0.3, -0.25) is 9.59 Å². The van der Waals surface area contributed by atoms with Gasteiger partial charge in [-0.05, 0) is 49.6 Å². The second-order valence-corrected chi connectivity index (χ2v) is 5.93. The zero-order valence-electron chi connectivity index (χ0n) is 13.8. The highest BCUT2D eigenvalue weighted by Gasteiger charge is 2.25. The molecule has 1 saturated carbocycles. The topological polar surface area (TPSA) is 67.4 Å². The summed E-state index contributed by atoms with van der Waals surface area (Å²) in [7, 11) is 1.57. The Balaban J connectivity index is 1.80. The van der Waals surface area contributed by atoms with Gasteiger partial charge in [0.05, 0.1) is 18.4 Å². The van der Waals surface area contributed by atoms with E-state index in [9.17, 15) is 9.59 Å². The lowest BCUT2D eigenvalue weighted by molar-refractivity contribution is 0.0952. The first-order chi connectivity index (χ1) is 11.6. The van der Waals surface area contributed by atoms with Gasteiger partial charge in [0.15, 0.2) is 0 Å². The van der Waals surface area contributed by atoms with Crippen molar-refractivity contribution < 1.29 is 14.3 Å². The van der Waals surface area contributed by atoms with Crippen molar-refractivity contribution in [1.29, 1.82) is 0 Å². The summed E-state index contributed by atoms with van der Waals surface area (Å²) < 4.78 is 5.25. The number of benzene rings is 2. The van der Waals surface area contributed by atoms with E-state index >= 15 is 0 Å².